The number of aromatic hydroxyl groups is 1. The van der Waals surface area contributed by atoms with E-state index in [0.717, 1.165) is 11.6 Å². The maximum Gasteiger partial charge on any atom is 0.416 e. The largest absolute Gasteiger partial charge is 0.508 e. The van der Waals surface area contributed by atoms with Crippen LogP contribution in [0.15, 0.2) is 48.7 Å². The summed E-state index contributed by atoms with van der Waals surface area (Å²) in [6.45, 7) is 1.36. The number of nitrogens with zero attached hydrogens (tertiary/aromatic N) is 1. The van der Waals surface area contributed by atoms with Crippen LogP contribution in [-0.4, -0.2) is 27.6 Å². The molecule has 2 aromatic carbocycles. The van der Waals surface area contributed by atoms with Gasteiger partial charge in [0.2, 0.25) is 5.91 Å². The van der Waals surface area contributed by atoms with E-state index in [0.29, 0.717) is 42.1 Å². The van der Waals surface area contributed by atoms with Gasteiger partial charge in [0.15, 0.2) is 0 Å². The van der Waals surface area contributed by atoms with Crippen molar-refractivity contribution in [3.8, 4) is 17.2 Å². The summed E-state index contributed by atoms with van der Waals surface area (Å²) in [6, 6.07) is 9.62. The summed E-state index contributed by atoms with van der Waals surface area (Å²) in [5, 5.41) is 18.6. The number of alkyl halides is 3. The monoisotopic (exact) mass is 524 g/mol. The van der Waals surface area contributed by atoms with E-state index in [-0.39, 0.29) is 34.7 Å². The second kappa shape index (κ2) is 8.37. The van der Waals surface area contributed by atoms with Crippen LogP contribution in [0.4, 0.5) is 29.5 Å². The second-order valence-electron chi connectivity index (χ2n) is 9.94. The predicted octanol–water partition coefficient (Wildman–Crippen LogP) is 5.47. The van der Waals surface area contributed by atoms with Gasteiger partial charge in [0, 0.05) is 35.3 Å². The lowest BCUT2D eigenvalue weighted by Gasteiger charge is -2.20. The number of ether oxygens (including phenoxy) is 1. The molecule has 0 bridgehead atoms. The number of phenols is 1. The Bertz CT molecular complexity index is 1490. The standard InChI is InChI=1S/C27H23F3N4O4/c1-13-2-3-14(10-18(13)27(28,29)30)32-25(37)34-26-12-19(26)23(26)17-11-15(4-6-20(17)35)38-21-8-9-31-24-16(21)5-7-22(36)33-24/h2-4,6,8-11,19,23,35H,5,7,12H2,1H3,(H,31,33,36)(H2,32,34,37)/t19-,23+,26-/m0/s1. The van der Waals surface area contributed by atoms with Gasteiger partial charge in [0.05, 0.1) is 11.1 Å². The van der Waals surface area contributed by atoms with Crippen LogP contribution in [0.1, 0.15) is 41.0 Å². The van der Waals surface area contributed by atoms with Gasteiger partial charge in [-0.05, 0) is 67.6 Å². The molecule has 196 valence electrons. The zero-order valence-corrected chi connectivity index (χ0v) is 20.1. The number of aryl methyl sites for hydroxylation is 1. The van der Waals surface area contributed by atoms with Gasteiger partial charge < -0.3 is 25.8 Å². The minimum atomic E-state index is -4.52. The number of carbonyl (C=O) groups excluding carboxylic acids is 2. The molecule has 2 fully saturated rings. The highest BCUT2D eigenvalue weighted by molar-refractivity contribution is 5.93. The van der Waals surface area contributed by atoms with Crippen LogP contribution in [0.2, 0.25) is 0 Å². The van der Waals surface area contributed by atoms with Crippen molar-refractivity contribution in [1.82, 2.24) is 10.3 Å². The predicted molar refractivity (Wildman–Crippen MR) is 131 cm³/mol. The van der Waals surface area contributed by atoms with Crippen molar-refractivity contribution in [2.24, 2.45) is 5.92 Å². The molecule has 3 amide bonds. The fraction of sp³-hybridized carbons (Fsp3) is 0.296. The molecule has 0 radical (unpaired) electrons. The van der Waals surface area contributed by atoms with E-state index in [1.165, 1.54) is 25.1 Å². The topological polar surface area (TPSA) is 113 Å². The Morgan fingerprint density at radius 3 is 2.76 bits per heavy atom. The molecule has 3 atom stereocenters. The summed E-state index contributed by atoms with van der Waals surface area (Å²) in [7, 11) is 0. The third kappa shape index (κ3) is 4.17. The number of amides is 3. The van der Waals surface area contributed by atoms with Gasteiger partial charge in [-0.2, -0.15) is 13.2 Å². The Hall–Kier alpha value is -4.28. The SMILES string of the molecule is Cc1ccc(NC(=O)N[C@@]23C[C@H]2[C@H]3c2cc(Oc3ccnc4c3CCC(=O)N4)ccc2O)cc1C(F)(F)F. The zero-order chi connectivity index (χ0) is 26.8. The molecule has 3 aromatic rings. The smallest absolute Gasteiger partial charge is 0.416 e. The lowest BCUT2D eigenvalue weighted by Crippen LogP contribution is -2.36. The van der Waals surface area contributed by atoms with E-state index in [1.807, 2.05) is 0 Å². The molecule has 11 heteroatoms. The molecule has 0 unspecified atom stereocenters. The fourth-order valence-electron chi connectivity index (χ4n) is 5.33. The van der Waals surface area contributed by atoms with Crippen LogP contribution >= 0.6 is 0 Å². The Morgan fingerprint density at radius 1 is 1.18 bits per heavy atom. The number of anilines is 2. The number of fused-ring (bicyclic) bond motifs is 2. The van der Waals surface area contributed by atoms with Crippen LogP contribution in [0.3, 0.4) is 0 Å². The van der Waals surface area contributed by atoms with Crippen LogP contribution in [0.25, 0.3) is 0 Å². The van der Waals surface area contributed by atoms with Crippen molar-refractivity contribution in [3.05, 3.63) is 70.9 Å². The molecule has 8 nitrogen and oxygen atoms in total. The first kappa shape index (κ1) is 24.1. The summed E-state index contributed by atoms with van der Waals surface area (Å²) in [5.74, 6) is 1.42. The molecular formula is C27H23F3N4O4. The molecule has 2 saturated carbocycles. The van der Waals surface area contributed by atoms with Gasteiger partial charge in [-0.3, -0.25) is 4.79 Å². The number of rotatable bonds is 5. The highest BCUT2D eigenvalue weighted by atomic mass is 19.4. The summed E-state index contributed by atoms with van der Waals surface area (Å²) in [4.78, 5) is 28.5. The molecule has 2 aliphatic carbocycles. The first-order valence-corrected chi connectivity index (χ1v) is 12.1. The lowest BCUT2D eigenvalue weighted by molar-refractivity contribution is -0.138. The van der Waals surface area contributed by atoms with E-state index >= 15 is 0 Å². The van der Waals surface area contributed by atoms with Crippen LogP contribution in [0.5, 0.6) is 17.2 Å². The summed E-state index contributed by atoms with van der Waals surface area (Å²) >= 11 is 0. The molecule has 1 aromatic heterocycles. The molecule has 0 spiro atoms. The van der Waals surface area contributed by atoms with Gasteiger partial charge in [-0.25, -0.2) is 9.78 Å². The normalized spacial score (nSPS) is 23.0. The molecular weight excluding hydrogens is 501 g/mol. The molecule has 6 rings (SSSR count). The molecule has 3 aliphatic rings. The van der Waals surface area contributed by atoms with Crippen molar-refractivity contribution in [1.29, 1.82) is 0 Å². The number of phenolic OH excluding ortho intramolecular Hbond substituents is 1. The van der Waals surface area contributed by atoms with E-state index in [9.17, 15) is 27.9 Å². The average Bonchev–Trinajstić information content (AvgIpc) is 3.71. The third-order valence-corrected chi connectivity index (χ3v) is 7.49. The van der Waals surface area contributed by atoms with E-state index in [4.69, 9.17) is 4.74 Å². The van der Waals surface area contributed by atoms with Crippen LogP contribution in [0, 0.1) is 12.8 Å². The van der Waals surface area contributed by atoms with E-state index in [2.05, 4.69) is 20.9 Å². The lowest BCUT2D eigenvalue weighted by atomic mass is 9.99. The Kier molecular flexibility index (Phi) is 5.30. The van der Waals surface area contributed by atoms with E-state index < -0.39 is 23.3 Å². The first-order valence-electron chi connectivity index (χ1n) is 12.1. The number of carbonyl (C=O) groups is 2. The van der Waals surface area contributed by atoms with Gasteiger partial charge in [-0.1, -0.05) is 6.07 Å². The maximum atomic E-state index is 13.2. The Labute approximate surface area is 215 Å². The number of halogens is 3. The van der Waals surface area contributed by atoms with Gasteiger partial charge in [0.1, 0.15) is 23.1 Å². The fourth-order valence-corrected chi connectivity index (χ4v) is 5.33. The van der Waals surface area contributed by atoms with Gasteiger partial charge in [0.25, 0.3) is 0 Å². The summed E-state index contributed by atoms with van der Waals surface area (Å²) in [6.07, 6.45) is -1.45. The second-order valence-corrected chi connectivity index (χ2v) is 9.94. The quantitative estimate of drug-likeness (QED) is 0.354. The number of benzene rings is 2. The summed E-state index contributed by atoms with van der Waals surface area (Å²) in [5.41, 5.74) is 0.155. The van der Waals surface area contributed by atoms with Crippen molar-refractivity contribution in [3.63, 3.8) is 0 Å². The maximum absolute atomic E-state index is 13.2. The Balaban J connectivity index is 1.16. The highest BCUT2D eigenvalue weighted by Gasteiger charge is 2.80. The zero-order valence-electron chi connectivity index (χ0n) is 20.1. The van der Waals surface area contributed by atoms with Crippen LogP contribution < -0.4 is 20.7 Å². The molecule has 0 saturated heterocycles. The number of urea groups is 1. The average molecular weight is 524 g/mol. The number of hydrogen-bond donors (Lipinski definition) is 4. The molecule has 1 aliphatic heterocycles. The minimum absolute atomic E-state index is 0.0429. The number of aromatic nitrogens is 1. The third-order valence-electron chi connectivity index (χ3n) is 7.49. The van der Waals surface area contributed by atoms with Crippen molar-refractivity contribution >= 4 is 23.4 Å². The van der Waals surface area contributed by atoms with Crippen LogP contribution in [-0.2, 0) is 17.4 Å². The number of hydrogen-bond acceptors (Lipinski definition) is 5. The number of nitrogens with one attached hydrogen (secondary N) is 3. The minimum Gasteiger partial charge on any atom is -0.508 e. The number of pyridine rings is 1. The molecule has 2 heterocycles. The molecule has 38 heavy (non-hydrogen) atoms. The van der Waals surface area contributed by atoms with Crippen molar-refractivity contribution in [2.45, 2.75) is 43.8 Å². The van der Waals surface area contributed by atoms with Crippen molar-refractivity contribution < 1.29 is 32.6 Å². The van der Waals surface area contributed by atoms with Crippen molar-refractivity contribution in [2.75, 3.05) is 10.6 Å². The van der Waals surface area contributed by atoms with E-state index in [1.54, 1.807) is 24.4 Å². The van der Waals surface area contributed by atoms with Gasteiger partial charge in [-0.15, -0.1) is 0 Å². The summed E-state index contributed by atoms with van der Waals surface area (Å²) < 4.78 is 45.7. The van der Waals surface area contributed by atoms with Gasteiger partial charge >= 0.3 is 12.2 Å². The Morgan fingerprint density at radius 2 is 2.00 bits per heavy atom. The first-order chi connectivity index (χ1) is 18.0. The highest BCUT2D eigenvalue weighted by Crippen LogP contribution is 2.77. The molecule has 4 N–H and O–H groups in total.